The monoisotopic (exact) mass is 475 g/mol. The van der Waals surface area contributed by atoms with Crippen LogP contribution in [0.3, 0.4) is 0 Å². The van der Waals surface area contributed by atoms with Gasteiger partial charge in [-0.1, -0.05) is 30.0 Å². The van der Waals surface area contributed by atoms with Gasteiger partial charge in [0.05, 0.1) is 49.9 Å². The molecule has 0 fully saturated rings. The minimum Gasteiger partial charge on any atom is -0.497 e. The van der Waals surface area contributed by atoms with E-state index in [9.17, 15) is 0 Å². The van der Waals surface area contributed by atoms with Crippen molar-refractivity contribution in [3.8, 4) is 34.6 Å². The predicted molar refractivity (Wildman–Crippen MR) is 142 cm³/mol. The fourth-order valence-corrected chi connectivity index (χ4v) is 3.88. The lowest BCUT2D eigenvalue weighted by atomic mass is 10.2. The van der Waals surface area contributed by atoms with Crippen LogP contribution in [0.5, 0.6) is 11.5 Å². The van der Waals surface area contributed by atoms with Gasteiger partial charge in [0, 0.05) is 53.9 Å². The molecule has 0 bridgehead atoms. The lowest BCUT2D eigenvalue weighted by molar-refractivity contribution is 0.394. The van der Waals surface area contributed by atoms with Crippen molar-refractivity contribution in [3.63, 3.8) is 0 Å². The number of fused-ring (bicyclic) bond motifs is 1. The van der Waals surface area contributed by atoms with E-state index in [-0.39, 0.29) is 0 Å². The van der Waals surface area contributed by atoms with Crippen molar-refractivity contribution in [2.24, 2.45) is 7.05 Å². The Morgan fingerprint density at radius 3 is 2.33 bits per heavy atom. The second-order valence-electron chi connectivity index (χ2n) is 8.16. The Bertz CT molecular complexity index is 1550. The zero-order valence-corrected chi connectivity index (χ0v) is 20.3. The first kappa shape index (κ1) is 22.9. The zero-order chi connectivity index (χ0) is 24.9. The zero-order valence-electron chi connectivity index (χ0n) is 20.3. The highest BCUT2D eigenvalue weighted by molar-refractivity contribution is 5.83. The molecule has 178 valence electrons. The Balaban J connectivity index is 1.58. The number of rotatable bonds is 6. The molecule has 0 atom stereocenters. The predicted octanol–water partition coefficient (Wildman–Crippen LogP) is 5.24. The lowest BCUT2D eigenvalue weighted by Crippen LogP contribution is -2.17. The first-order chi connectivity index (χ1) is 17.6. The first-order valence-electron chi connectivity index (χ1n) is 11.4. The molecule has 5 aromatic rings. The molecular formula is C29H25N5O2. The number of aryl methyl sites for hydroxylation is 1. The summed E-state index contributed by atoms with van der Waals surface area (Å²) >= 11 is 0. The SMILES string of the molecule is COc1cc(OC)cc(N(CC#Cc2ccccc2)c2ccc3ncc(-c4cnn(C)c4)nc3c2)c1. The van der Waals surface area contributed by atoms with Gasteiger partial charge in [0.1, 0.15) is 11.5 Å². The van der Waals surface area contributed by atoms with E-state index < -0.39 is 0 Å². The molecule has 2 aromatic heterocycles. The number of hydrogen-bond acceptors (Lipinski definition) is 6. The number of benzene rings is 3. The van der Waals surface area contributed by atoms with Gasteiger partial charge in [0.15, 0.2) is 0 Å². The van der Waals surface area contributed by atoms with E-state index in [4.69, 9.17) is 14.5 Å². The second kappa shape index (κ2) is 10.2. The van der Waals surface area contributed by atoms with Crippen molar-refractivity contribution in [2.45, 2.75) is 0 Å². The molecule has 0 unspecified atom stereocenters. The van der Waals surface area contributed by atoms with E-state index in [1.54, 1.807) is 31.3 Å². The van der Waals surface area contributed by atoms with Crippen LogP contribution in [0.2, 0.25) is 0 Å². The van der Waals surface area contributed by atoms with E-state index in [0.29, 0.717) is 18.0 Å². The lowest BCUT2D eigenvalue weighted by Gasteiger charge is -2.24. The van der Waals surface area contributed by atoms with Gasteiger partial charge in [-0.2, -0.15) is 5.10 Å². The van der Waals surface area contributed by atoms with Crippen LogP contribution >= 0.6 is 0 Å². The van der Waals surface area contributed by atoms with Crippen molar-refractivity contribution in [1.82, 2.24) is 19.7 Å². The summed E-state index contributed by atoms with van der Waals surface area (Å²) in [5.74, 6) is 7.96. The molecule has 0 aliphatic carbocycles. The summed E-state index contributed by atoms with van der Waals surface area (Å²) in [5, 5.41) is 4.25. The van der Waals surface area contributed by atoms with Crippen LogP contribution in [0.15, 0.2) is 85.3 Å². The Hall–Kier alpha value is -4.83. The molecule has 0 radical (unpaired) electrons. The molecule has 0 spiro atoms. The fraction of sp³-hybridized carbons (Fsp3) is 0.138. The first-order valence-corrected chi connectivity index (χ1v) is 11.4. The Labute approximate surface area is 210 Å². The van der Waals surface area contributed by atoms with Gasteiger partial charge in [-0.25, -0.2) is 4.98 Å². The van der Waals surface area contributed by atoms with E-state index in [1.807, 2.05) is 80.0 Å². The fourth-order valence-electron chi connectivity index (χ4n) is 3.88. The average Bonchev–Trinajstić information content (AvgIpc) is 3.37. The Morgan fingerprint density at radius 1 is 0.861 bits per heavy atom. The summed E-state index contributed by atoms with van der Waals surface area (Å²) in [5.41, 5.74) is 6.06. The summed E-state index contributed by atoms with van der Waals surface area (Å²) in [6.07, 6.45) is 5.48. The molecular weight excluding hydrogens is 450 g/mol. The molecule has 0 N–H and O–H groups in total. The third-order valence-electron chi connectivity index (χ3n) is 5.73. The summed E-state index contributed by atoms with van der Waals surface area (Å²) < 4.78 is 12.8. The highest BCUT2D eigenvalue weighted by Crippen LogP contribution is 2.34. The van der Waals surface area contributed by atoms with Crippen LogP contribution in [0.4, 0.5) is 11.4 Å². The van der Waals surface area contributed by atoms with E-state index in [2.05, 4.69) is 26.8 Å². The van der Waals surface area contributed by atoms with Crippen LogP contribution in [-0.2, 0) is 7.05 Å². The smallest absolute Gasteiger partial charge is 0.124 e. The van der Waals surface area contributed by atoms with Crippen LogP contribution in [0.25, 0.3) is 22.3 Å². The van der Waals surface area contributed by atoms with Gasteiger partial charge in [-0.15, -0.1) is 0 Å². The normalized spacial score (nSPS) is 10.5. The molecule has 0 saturated heterocycles. The minimum absolute atomic E-state index is 0.451. The molecule has 7 heteroatoms. The Kier molecular flexibility index (Phi) is 6.50. The van der Waals surface area contributed by atoms with Crippen molar-refractivity contribution in [2.75, 3.05) is 25.7 Å². The minimum atomic E-state index is 0.451. The molecule has 0 aliphatic heterocycles. The summed E-state index contributed by atoms with van der Waals surface area (Å²) in [7, 11) is 5.17. The van der Waals surface area contributed by atoms with Crippen LogP contribution in [-0.4, -0.2) is 40.5 Å². The van der Waals surface area contributed by atoms with E-state index in [1.165, 1.54) is 0 Å². The standard InChI is InChI=1S/C29H25N5O2/c1-33-20-22(18-31-33)29-19-30-27-12-11-23(16-28(27)32-29)34(13-7-10-21-8-5-4-6-9-21)24-14-25(35-2)17-26(15-24)36-3/h4-6,8-9,11-12,14-20H,13H2,1-3H3. The van der Waals surface area contributed by atoms with Crippen LogP contribution in [0, 0.1) is 11.8 Å². The molecule has 0 saturated carbocycles. The molecule has 7 nitrogen and oxygen atoms in total. The second-order valence-corrected chi connectivity index (χ2v) is 8.16. The third-order valence-corrected chi connectivity index (χ3v) is 5.73. The summed E-state index contributed by atoms with van der Waals surface area (Å²) in [6, 6.07) is 21.7. The number of nitrogens with zero attached hydrogens (tertiary/aromatic N) is 5. The maximum Gasteiger partial charge on any atom is 0.124 e. The van der Waals surface area contributed by atoms with Crippen LogP contribution in [0.1, 0.15) is 5.56 Å². The van der Waals surface area contributed by atoms with Gasteiger partial charge in [-0.05, 0) is 30.3 Å². The highest BCUT2D eigenvalue weighted by Gasteiger charge is 2.14. The summed E-state index contributed by atoms with van der Waals surface area (Å²) in [4.78, 5) is 11.6. The number of hydrogen-bond donors (Lipinski definition) is 0. The Morgan fingerprint density at radius 2 is 1.64 bits per heavy atom. The number of aromatic nitrogens is 4. The topological polar surface area (TPSA) is 65.3 Å². The average molecular weight is 476 g/mol. The third kappa shape index (κ3) is 4.98. The maximum absolute atomic E-state index is 5.52. The van der Waals surface area contributed by atoms with Gasteiger partial charge >= 0.3 is 0 Å². The van der Waals surface area contributed by atoms with Gasteiger partial charge in [0.2, 0.25) is 0 Å². The quantitative estimate of drug-likeness (QED) is 0.313. The molecule has 5 rings (SSSR count). The van der Waals surface area contributed by atoms with Crippen molar-refractivity contribution < 1.29 is 9.47 Å². The number of ether oxygens (including phenoxy) is 2. The number of anilines is 2. The van der Waals surface area contributed by atoms with Crippen molar-refractivity contribution >= 4 is 22.4 Å². The molecule has 36 heavy (non-hydrogen) atoms. The van der Waals surface area contributed by atoms with E-state index >= 15 is 0 Å². The van der Waals surface area contributed by atoms with Gasteiger partial charge < -0.3 is 14.4 Å². The molecule has 2 heterocycles. The van der Waals surface area contributed by atoms with Crippen molar-refractivity contribution in [1.29, 1.82) is 0 Å². The van der Waals surface area contributed by atoms with Crippen molar-refractivity contribution in [3.05, 3.63) is 90.9 Å². The van der Waals surface area contributed by atoms with E-state index in [0.717, 1.165) is 39.2 Å². The summed E-state index contributed by atoms with van der Waals surface area (Å²) in [6.45, 7) is 0.451. The number of methoxy groups -OCH3 is 2. The molecule has 3 aromatic carbocycles. The van der Waals surface area contributed by atoms with Gasteiger partial charge in [-0.3, -0.25) is 9.67 Å². The van der Waals surface area contributed by atoms with Crippen LogP contribution < -0.4 is 14.4 Å². The molecule has 0 aliphatic rings. The van der Waals surface area contributed by atoms with Gasteiger partial charge in [0.25, 0.3) is 0 Å². The maximum atomic E-state index is 5.52. The highest BCUT2D eigenvalue weighted by atomic mass is 16.5. The largest absolute Gasteiger partial charge is 0.497 e. The molecule has 0 amide bonds.